The molecule has 1 heterocycles. The SMILES string of the molecule is CCN(CC)[C@H]1C[C@H](CN2C(=O)C(O)(c3c(F)cccc3F)c3c2cc(C(N)=O)cc3C(F)(F)F)C1.Cl. The molecule has 12 heteroatoms. The number of rotatable bonds is 7. The highest BCUT2D eigenvalue weighted by Gasteiger charge is 2.58. The van der Waals surface area contributed by atoms with Crippen molar-refractivity contribution in [3.05, 3.63) is 64.2 Å². The van der Waals surface area contributed by atoms with Gasteiger partial charge >= 0.3 is 6.18 Å². The van der Waals surface area contributed by atoms with E-state index in [2.05, 4.69) is 4.90 Å². The summed E-state index contributed by atoms with van der Waals surface area (Å²) in [6, 6.07) is 4.05. The van der Waals surface area contributed by atoms with E-state index in [0.29, 0.717) is 18.9 Å². The Labute approximate surface area is 216 Å². The van der Waals surface area contributed by atoms with Crippen molar-refractivity contribution in [1.29, 1.82) is 0 Å². The third-order valence-electron chi connectivity index (χ3n) is 7.22. The first-order valence-electron chi connectivity index (χ1n) is 11.6. The van der Waals surface area contributed by atoms with Crippen LogP contribution in [0.5, 0.6) is 0 Å². The van der Waals surface area contributed by atoms with Gasteiger partial charge in [-0.25, -0.2) is 8.78 Å². The van der Waals surface area contributed by atoms with Gasteiger partial charge in [0.25, 0.3) is 5.91 Å². The Kier molecular flexibility index (Phi) is 7.93. The molecule has 2 aromatic rings. The number of nitrogens with zero attached hydrogens (tertiary/aromatic N) is 2. The number of nitrogens with two attached hydrogens (primary N) is 1. The van der Waals surface area contributed by atoms with Crippen LogP contribution in [0.4, 0.5) is 27.6 Å². The minimum absolute atomic E-state index is 0. The third-order valence-corrected chi connectivity index (χ3v) is 7.22. The number of primary amides is 1. The topological polar surface area (TPSA) is 86.9 Å². The first-order valence-corrected chi connectivity index (χ1v) is 11.6. The van der Waals surface area contributed by atoms with Gasteiger partial charge in [0.1, 0.15) is 11.6 Å². The summed E-state index contributed by atoms with van der Waals surface area (Å²) in [5.41, 5.74) is -2.83. The summed E-state index contributed by atoms with van der Waals surface area (Å²) >= 11 is 0. The fourth-order valence-electron chi connectivity index (χ4n) is 5.40. The highest BCUT2D eigenvalue weighted by Crippen LogP contribution is 2.52. The largest absolute Gasteiger partial charge is 0.416 e. The zero-order valence-electron chi connectivity index (χ0n) is 20.1. The van der Waals surface area contributed by atoms with Crippen molar-refractivity contribution in [1.82, 2.24) is 4.90 Å². The van der Waals surface area contributed by atoms with Crippen LogP contribution < -0.4 is 10.6 Å². The van der Waals surface area contributed by atoms with Crippen LogP contribution in [0, 0.1) is 17.6 Å². The molecule has 2 aromatic carbocycles. The number of carbonyl (C=O) groups is 2. The van der Waals surface area contributed by atoms with E-state index >= 15 is 0 Å². The summed E-state index contributed by atoms with van der Waals surface area (Å²) in [5, 5.41) is 11.5. The van der Waals surface area contributed by atoms with Crippen LogP contribution in [0.15, 0.2) is 30.3 Å². The van der Waals surface area contributed by atoms with Crippen LogP contribution >= 0.6 is 12.4 Å². The lowest BCUT2D eigenvalue weighted by Gasteiger charge is -2.43. The molecule has 2 amide bonds. The van der Waals surface area contributed by atoms with Gasteiger partial charge in [-0.3, -0.25) is 9.59 Å². The van der Waals surface area contributed by atoms with Crippen molar-refractivity contribution < 1.29 is 36.6 Å². The molecule has 0 aromatic heterocycles. The molecule has 6 nitrogen and oxygen atoms in total. The van der Waals surface area contributed by atoms with Crippen LogP contribution in [0.1, 0.15) is 53.7 Å². The molecule has 0 bridgehead atoms. The maximum absolute atomic E-state index is 14.8. The van der Waals surface area contributed by atoms with Gasteiger partial charge in [0, 0.05) is 23.7 Å². The second-order valence-electron chi connectivity index (χ2n) is 9.22. The zero-order chi connectivity index (χ0) is 26.6. The average molecular weight is 548 g/mol. The second kappa shape index (κ2) is 10.2. The number of hydrogen-bond acceptors (Lipinski definition) is 4. The fraction of sp³-hybridized carbons (Fsp3) is 0.440. The molecule has 1 aliphatic heterocycles. The molecule has 1 atom stereocenters. The van der Waals surface area contributed by atoms with E-state index in [1.54, 1.807) is 0 Å². The molecular formula is C25H27ClF5N3O3. The van der Waals surface area contributed by atoms with E-state index in [1.807, 2.05) is 13.8 Å². The lowest BCUT2D eigenvalue weighted by Crippen LogP contribution is -2.50. The van der Waals surface area contributed by atoms with Gasteiger partial charge in [-0.1, -0.05) is 19.9 Å². The van der Waals surface area contributed by atoms with E-state index in [1.165, 1.54) is 0 Å². The number of carbonyl (C=O) groups excluding carboxylic acids is 2. The highest BCUT2D eigenvalue weighted by atomic mass is 35.5. The van der Waals surface area contributed by atoms with Gasteiger partial charge in [-0.15, -0.1) is 12.4 Å². The van der Waals surface area contributed by atoms with Crippen LogP contribution in [0.2, 0.25) is 0 Å². The number of benzene rings is 2. The lowest BCUT2D eigenvalue weighted by atomic mass is 9.78. The van der Waals surface area contributed by atoms with Crippen molar-refractivity contribution in [3.63, 3.8) is 0 Å². The second-order valence-corrected chi connectivity index (χ2v) is 9.22. The number of halogens is 6. The van der Waals surface area contributed by atoms with Crippen molar-refractivity contribution in [2.75, 3.05) is 24.5 Å². The molecule has 0 radical (unpaired) electrons. The molecule has 2 aliphatic rings. The van der Waals surface area contributed by atoms with E-state index < -0.39 is 63.2 Å². The van der Waals surface area contributed by atoms with Gasteiger partial charge in [0.2, 0.25) is 11.5 Å². The van der Waals surface area contributed by atoms with Gasteiger partial charge < -0.3 is 20.6 Å². The number of hydrogen-bond donors (Lipinski definition) is 2. The summed E-state index contributed by atoms with van der Waals surface area (Å²) in [6.45, 7) is 5.53. The minimum atomic E-state index is -5.17. The Bertz CT molecular complexity index is 1190. The first kappa shape index (κ1) is 28.8. The van der Waals surface area contributed by atoms with Crippen molar-refractivity contribution in [2.24, 2.45) is 11.7 Å². The Hall–Kier alpha value is -2.76. The quantitative estimate of drug-likeness (QED) is 0.509. The van der Waals surface area contributed by atoms with E-state index in [-0.39, 0.29) is 30.9 Å². The zero-order valence-corrected chi connectivity index (χ0v) is 20.9. The smallest absolute Gasteiger partial charge is 0.371 e. The number of fused-ring (bicyclic) bond motifs is 1. The Balaban J connectivity index is 0.00000380. The van der Waals surface area contributed by atoms with E-state index in [9.17, 15) is 36.6 Å². The average Bonchev–Trinajstić information content (AvgIpc) is 2.98. The van der Waals surface area contributed by atoms with Crippen LogP contribution in [0.3, 0.4) is 0 Å². The van der Waals surface area contributed by atoms with Gasteiger partial charge in [-0.05, 0) is 56.1 Å². The summed E-state index contributed by atoms with van der Waals surface area (Å²) < 4.78 is 72.1. The first-order chi connectivity index (χ1) is 16.8. The van der Waals surface area contributed by atoms with E-state index in [4.69, 9.17) is 5.73 Å². The fourth-order valence-corrected chi connectivity index (χ4v) is 5.40. The Morgan fingerprint density at radius 2 is 1.70 bits per heavy atom. The predicted octanol–water partition coefficient (Wildman–Crippen LogP) is 4.21. The molecule has 1 fully saturated rings. The molecular weight excluding hydrogens is 521 g/mol. The number of anilines is 1. The normalized spacial score (nSPS) is 23.1. The van der Waals surface area contributed by atoms with Crippen LogP contribution in [-0.4, -0.2) is 47.5 Å². The van der Waals surface area contributed by atoms with Crippen LogP contribution in [-0.2, 0) is 16.6 Å². The molecule has 4 rings (SSSR count). The highest BCUT2D eigenvalue weighted by molar-refractivity contribution is 6.11. The number of amides is 2. The molecule has 1 unspecified atom stereocenters. The van der Waals surface area contributed by atoms with Crippen molar-refractivity contribution in [3.8, 4) is 0 Å². The molecule has 3 N–H and O–H groups in total. The Morgan fingerprint density at radius 1 is 1.14 bits per heavy atom. The minimum Gasteiger partial charge on any atom is -0.371 e. The predicted molar refractivity (Wildman–Crippen MR) is 128 cm³/mol. The third kappa shape index (κ3) is 4.68. The van der Waals surface area contributed by atoms with Gasteiger partial charge in [0.15, 0.2) is 0 Å². The molecule has 1 aliphatic carbocycles. The number of aliphatic hydroxyl groups is 1. The summed E-state index contributed by atoms with van der Waals surface area (Å²) in [6.07, 6.45) is -3.88. The Morgan fingerprint density at radius 3 is 2.19 bits per heavy atom. The monoisotopic (exact) mass is 547 g/mol. The van der Waals surface area contributed by atoms with E-state index in [0.717, 1.165) is 42.3 Å². The van der Waals surface area contributed by atoms with Gasteiger partial charge in [-0.2, -0.15) is 13.2 Å². The molecule has 0 saturated heterocycles. The van der Waals surface area contributed by atoms with Crippen molar-refractivity contribution >= 4 is 29.9 Å². The molecule has 1 saturated carbocycles. The summed E-state index contributed by atoms with van der Waals surface area (Å²) in [4.78, 5) is 28.6. The van der Waals surface area contributed by atoms with Crippen LogP contribution in [0.25, 0.3) is 0 Å². The summed E-state index contributed by atoms with van der Waals surface area (Å²) in [5.74, 6) is -5.40. The standard InChI is InChI=1S/C25H26F5N3O3.ClH/c1-3-32(4-2)15-8-13(9-15)12-33-19-11-14(22(31)34)10-16(25(28,29)30)20(19)24(36,23(33)35)21-17(26)6-5-7-18(21)27;/h5-7,10-11,13,15,36H,3-4,8-9,12H2,1-2H3,(H2,31,34);1H/t13-,15-,24?;. The molecule has 0 spiro atoms. The lowest BCUT2D eigenvalue weighted by molar-refractivity contribution is -0.142. The maximum Gasteiger partial charge on any atom is 0.416 e. The van der Waals surface area contributed by atoms with Gasteiger partial charge in [0.05, 0.1) is 16.8 Å². The molecule has 37 heavy (non-hydrogen) atoms. The summed E-state index contributed by atoms with van der Waals surface area (Å²) in [7, 11) is 0. The number of alkyl halides is 3. The maximum atomic E-state index is 14.8. The van der Waals surface area contributed by atoms with Crippen molar-refractivity contribution in [2.45, 2.75) is 44.5 Å². The molecule has 202 valence electrons.